The number of ether oxygens (including phenoxy) is 7. The molecule has 1 aliphatic carbocycles. The van der Waals surface area contributed by atoms with Crippen molar-refractivity contribution in [2.24, 2.45) is 17.3 Å². The minimum Gasteiger partial charge on any atom is -0.467 e. The van der Waals surface area contributed by atoms with Crippen molar-refractivity contribution in [2.75, 3.05) is 65.2 Å². The van der Waals surface area contributed by atoms with E-state index in [-0.39, 0.29) is 81.5 Å². The quantitative estimate of drug-likeness (QED) is 0.00186. The third kappa shape index (κ3) is 26.7. The molecule has 1 heterocycles. The van der Waals surface area contributed by atoms with Crippen molar-refractivity contribution < 1.29 is 90.4 Å². The Balaban J connectivity index is 0.000000417. The number of rotatable bonds is 37. The number of fused-ring (bicyclic) bond motifs is 3. The molecule has 7 rings (SSSR count). The third-order valence-corrected chi connectivity index (χ3v) is 18.9. The summed E-state index contributed by atoms with van der Waals surface area (Å²) in [4.78, 5) is 119. The van der Waals surface area contributed by atoms with E-state index >= 15 is 0 Å². The second-order valence-electron chi connectivity index (χ2n) is 24.0. The molecule has 0 aromatic heterocycles. The number of nitrogens with two attached hydrogens (primary N) is 1. The molecule has 0 bridgehead atoms. The fourth-order valence-corrected chi connectivity index (χ4v) is 13.4. The van der Waals surface area contributed by atoms with Crippen molar-refractivity contribution in [3.8, 4) is 11.1 Å². The predicted octanol–water partition coefficient (Wildman–Crippen LogP) is 10.2. The second kappa shape index (κ2) is 40.7. The molecule has 100 heavy (non-hydrogen) atoms. The summed E-state index contributed by atoms with van der Waals surface area (Å²) in [6.07, 6.45) is 1.69. The average molecular weight is 1970 g/mol. The van der Waals surface area contributed by atoms with Crippen molar-refractivity contribution in [1.82, 2.24) is 21.3 Å². The van der Waals surface area contributed by atoms with Crippen LogP contribution in [-0.4, -0.2) is 147 Å². The smallest absolute Gasteiger partial charge is 0.467 e. The summed E-state index contributed by atoms with van der Waals surface area (Å²) in [5.41, 5.74) is 11.8. The van der Waals surface area contributed by atoms with Gasteiger partial charge in [0.15, 0.2) is 6.10 Å². The molecule has 1 saturated heterocycles. The first-order valence-electron chi connectivity index (χ1n) is 31.4. The van der Waals surface area contributed by atoms with Crippen LogP contribution in [0.1, 0.15) is 92.9 Å². The van der Waals surface area contributed by atoms with Crippen molar-refractivity contribution in [1.29, 1.82) is 0 Å². The van der Waals surface area contributed by atoms with Gasteiger partial charge in [0.1, 0.15) is 44.4 Å². The van der Waals surface area contributed by atoms with Gasteiger partial charge in [0.05, 0.1) is 48.6 Å². The van der Waals surface area contributed by atoms with E-state index < -0.39 is 85.4 Å². The largest absolute Gasteiger partial charge is 0.469 e. The molecular weight excluding hydrogens is 1880 g/mol. The Labute approximate surface area is 587 Å². The van der Waals surface area contributed by atoms with E-state index in [0.29, 0.717) is 41.9 Å². The van der Waals surface area contributed by atoms with Crippen molar-refractivity contribution in [2.45, 2.75) is 114 Å². The van der Waals surface area contributed by atoms with Gasteiger partial charge in [-0.2, -0.15) is 0 Å². The number of phosphoric ester groups is 1. The molecule has 24 nitrogen and oxygen atoms in total. The van der Waals surface area contributed by atoms with E-state index in [1.54, 1.807) is 63.4 Å². The molecule has 0 spiro atoms. The number of epoxide rings is 1. The third-order valence-electron chi connectivity index (χ3n) is 15.5. The number of halogens is 2. The Morgan fingerprint density at radius 3 is 2.12 bits per heavy atom. The van der Waals surface area contributed by atoms with Crippen LogP contribution < -0.4 is 27.0 Å². The van der Waals surface area contributed by atoms with Crippen molar-refractivity contribution in [3.63, 3.8) is 0 Å². The minimum absolute atomic E-state index is 0. The Hall–Kier alpha value is -9.33. The van der Waals surface area contributed by atoms with E-state index in [1.807, 2.05) is 99.6 Å². The molecule has 7 atom stereocenters. The zero-order valence-electron chi connectivity index (χ0n) is 55.9. The van der Waals surface area contributed by atoms with Crippen LogP contribution >= 0.6 is 52.6 Å². The molecule has 7 unspecified atom stereocenters. The maximum absolute atomic E-state index is 13.6. The zero-order chi connectivity index (χ0) is 71.5. The van der Waals surface area contributed by atoms with Gasteiger partial charge in [0, 0.05) is 53.6 Å². The normalized spacial score (nSPS) is 15.2. The topological polar surface area (TPSA) is 345 Å². The van der Waals surface area contributed by atoms with Crippen LogP contribution in [0.15, 0.2) is 132 Å². The maximum atomic E-state index is 13.6. The van der Waals surface area contributed by atoms with Crippen LogP contribution in [0.3, 0.4) is 0 Å². The van der Waals surface area contributed by atoms with Gasteiger partial charge >= 0.3 is 37.3 Å². The summed E-state index contributed by atoms with van der Waals surface area (Å²) < 4.78 is 53.7. The SMILES string of the molecule is CNCC(C)(C)C(=O)OC(CC(C)C)C(=O)OC(C/C=C/C(=O)NC(C=O)Cc1ccc(N)c(Cl)c1)C(C)C1OC1c1ccccc1.COC(=O)COCCc1cc(COC(=O)Cl)ccc1SSCC(NC(=O)OCC1c2ccccc2-c2ccccc21)C(=O)NCCOP(=O)(O)O.[Fm].[Fm]. The number of nitrogens with one attached hydrogen (secondary N) is 4. The summed E-state index contributed by atoms with van der Waals surface area (Å²) in [5, 5.41) is 11.2. The number of phosphoric acid groups is 1. The number of methoxy groups -OCH3 is 1. The number of amides is 3. The number of esters is 3. The monoisotopic (exact) mass is 1970 g/mol. The van der Waals surface area contributed by atoms with Gasteiger partial charge < -0.3 is 74.7 Å². The van der Waals surface area contributed by atoms with Gasteiger partial charge in [-0.05, 0) is 115 Å². The van der Waals surface area contributed by atoms with Crippen LogP contribution in [0.25, 0.3) is 11.1 Å². The van der Waals surface area contributed by atoms with E-state index in [4.69, 9.17) is 67.1 Å². The minimum atomic E-state index is -4.74. The number of hydrogen-bond donors (Lipinski definition) is 7. The van der Waals surface area contributed by atoms with Crippen LogP contribution in [0.2, 0.25) is 5.02 Å². The number of aldehydes is 1. The first-order chi connectivity index (χ1) is 46.7. The maximum Gasteiger partial charge on any atom is 0.469 e. The number of nitrogen functional groups attached to an aromatic ring is 1. The summed E-state index contributed by atoms with van der Waals surface area (Å²) in [6, 6.07) is 34.0. The van der Waals surface area contributed by atoms with Crippen LogP contribution in [0, 0.1) is 17.3 Å². The van der Waals surface area contributed by atoms with E-state index in [9.17, 15) is 42.9 Å². The Kier molecular flexibility index (Phi) is 33.8. The molecule has 5 aromatic carbocycles. The molecule has 1 aliphatic heterocycles. The number of alkyl carbamates (subject to hydrolysis) is 1. The Morgan fingerprint density at radius 2 is 1.50 bits per heavy atom. The van der Waals surface area contributed by atoms with E-state index in [1.165, 1.54) is 34.8 Å². The summed E-state index contributed by atoms with van der Waals surface area (Å²) in [5.74, 6) is -3.13. The molecule has 1 fully saturated rings. The van der Waals surface area contributed by atoms with Crippen LogP contribution in [0.5, 0.6) is 0 Å². The standard InChI is InChI=1S/C36H48ClN3O7.C33H36ClN2O12PS2.2Fm/c1-22(2)17-30(46-35(44)36(4,5)21-39-6)34(43)45-29(23(3)32-33(47-32)25-11-8-7-9-12-25)13-10-14-31(42)40-26(20-41)18-24-15-16-28(38)27(37)19-24;1-44-30(37)19-45-14-12-22-16-21(17-46-32(34)39)10-11-29(22)51-50-20-28(31(38)35-13-15-48-49(41,42)43)36-33(40)47-18-27-25-8-4-2-6-23(25)24-7-3-5-9-26(24)27;;/h7-12,14-16,19-20,22-23,26,29-30,32-33,39H,13,17-18,21,38H2,1-6H3,(H,40,42);2-11,16,27-28H,12-15,17-20H2,1H3,(H,35,38)(H,36,40)(H2,41,42,43);;/b14-10+;;;. The number of benzene rings is 5. The molecule has 2 aliphatic rings. The fourth-order valence-electron chi connectivity index (χ4n) is 10.4. The molecule has 0 radical (unpaired) electrons. The van der Waals surface area contributed by atoms with Gasteiger partial charge in [-0.1, -0.05) is 157 Å². The fraction of sp³-hybridized carbons (Fsp3) is 0.420. The Morgan fingerprint density at radius 1 is 0.840 bits per heavy atom. The van der Waals surface area contributed by atoms with Gasteiger partial charge in [-0.25, -0.2) is 23.7 Å². The van der Waals surface area contributed by atoms with Gasteiger partial charge in [0.2, 0.25) is 11.8 Å². The number of carbonyl (C=O) groups excluding carboxylic acids is 8. The molecule has 5 aromatic rings. The van der Waals surface area contributed by atoms with Crippen LogP contribution in [0.4, 0.5) is 15.3 Å². The summed E-state index contributed by atoms with van der Waals surface area (Å²) in [6.45, 7) is 8.91. The average Bonchev–Trinajstić information content (AvgIpc) is 1.63. The summed E-state index contributed by atoms with van der Waals surface area (Å²) >= 11 is 11.4. The van der Waals surface area contributed by atoms with E-state index in [2.05, 4.69) is 30.5 Å². The van der Waals surface area contributed by atoms with Gasteiger partial charge in [-0.15, -0.1) is 0 Å². The second-order valence-corrected chi connectivity index (χ2v) is 28.3. The molecular formula is C69H84Cl2Fm2N5O19PS2. The number of carbonyl (C=O) groups is 8. The van der Waals surface area contributed by atoms with Crippen LogP contribution in [-0.2, 0) is 90.5 Å². The number of hydrogen-bond acceptors (Lipinski definition) is 21. The predicted molar refractivity (Wildman–Crippen MR) is 372 cm³/mol. The number of anilines is 1. The van der Waals surface area contributed by atoms with Crippen molar-refractivity contribution >= 4 is 106 Å². The molecule has 554 valence electrons. The Bertz CT molecular complexity index is 3570. The molecule has 3 amide bonds. The summed E-state index contributed by atoms with van der Waals surface area (Å²) in [7, 11) is 0.817. The molecule has 31 heteroatoms. The van der Waals surface area contributed by atoms with Gasteiger partial charge in [-0.3, -0.25) is 18.9 Å². The first kappa shape index (κ1) is 83.1. The molecule has 8 N–H and O–H groups in total. The first-order valence-corrected chi connectivity index (χ1v) is 36.0. The zero-order valence-corrected chi connectivity index (χ0v) is 64.7. The van der Waals surface area contributed by atoms with Gasteiger partial charge in [0.25, 0.3) is 0 Å². The van der Waals surface area contributed by atoms with Crippen molar-refractivity contribution in [3.05, 3.63) is 166 Å². The van der Waals surface area contributed by atoms with E-state index in [0.717, 1.165) is 43.8 Å². The molecule has 0 saturated carbocycles.